The normalized spacial score (nSPS) is 19.9. The van der Waals surface area contributed by atoms with E-state index in [-0.39, 0.29) is 0 Å². The minimum absolute atomic E-state index is 0.338. The van der Waals surface area contributed by atoms with Crippen molar-refractivity contribution in [1.82, 2.24) is 10.6 Å². The van der Waals surface area contributed by atoms with E-state index in [1.165, 1.54) is 16.5 Å². The molecular formula is C19H25N3O. The summed E-state index contributed by atoms with van der Waals surface area (Å²) in [5, 5.41) is 9.37. The van der Waals surface area contributed by atoms with Crippen LogP contribution in [0.3, 0.4) is 0 Å². The number of ether oxygens (including phenoxy) is 1. The van der Waals surface area contributed by atoms with Crippen LogP contribution in [0, 0.1) is 0 Å². The molecule has 0 spiro atoms. The van der Waals surface area contributed by atoms with E-state index in [0.29, 0.717) is 6.10 Å². The molecule has 0 radical (unpaired) electrons. The zero-order valence-electron chi connectivity index (χ0n) is 13.6. The second kappa shape index (κ2) is 6.77. The lowest BCUT2D eigenvalue weighted by atomic mass is 10.1. The summed E-state index contributed by atoms with van der Waals surface area (Å²) in [6, 6.07) is 13.1. The van der Waals surface area contributed by atoms with Crippen LogP contribution < -0.4 is 20.3 Å². The Morgan fingerprint density at radius 3 is 2.30 bits per heavy atom. The topological polar surface area (TPSA) is 36.5 Å². The molecule has 0 atom stereocenters. The predicted octanol–water partition coefficient (Wildman–Crippen LogP) is 2.38. The number of rotatable bonds is 3. The first-order valence-corrected chi connectivity index (χ1v) is 8.76. The molecule has 4 rings (SSSR count). The van der Waals surface area contributed by atoms with Gasteiger partial charge in [0.25, 0.3) is 0 Å². The first-order chi connectivity index (χ1) is 11.4. The molecule has 2 heterocycles. The van der Waals surface area contributed by atoms with Crippen molar-refractivity contribution in [3.63, 3.8) is 0 Å². The molecule has 2 aromatic rings. The minimum Gasteiger partial charge on any atom is -0.490 e. The fraction of sp³-hybridized carbons (Fsp3) is 0.474. The highest BCUT2D eigenvalue weighted by Gasteiger charge is 2.18. The number of nitrogens with one attached hydrogen (secondary N) is 2. The Balaban J connectivity index is 1.67. The van der Waals surface area contributed by atoms with E-state index in [9.17, 15) is 0 Å². The van der Waals surface area contributed by atoms with Crippen LogP contribution in [0.2, 0.25) is 0 Å². The number of fused-ring (bicyclic) bond motifs is 1. The van der Waals surface area contributed by atoms with E-state index >= 15 is 0 Å². The summed E-state index contributed by atoms with van der Waals surface area (Å²) in [4.78, 5) is 2.48. The molecular weight excluding hydrogens is 286 g/mol. The summed E-state index contributed by atoms with van der Waals surface area (Å²) in [7, 11) is 0. The first-order valence-electron chi connectivity index (χ1n) is 8.76. The van der Waals surface area contributed by atoms with Crippen molar-refractivity contribution in [3.8, 4) is 5.75 Å². The Hall–Kier alpha value is -1.78. The molecule has 0 aromatic heterocycles. The van der Waals surface area contributed by atoms with Crippen molar-refractivity contribution in [2.45, 2.75) is 18.9 Å². The van der Waals surface area contributed by atoms with Gasteiger partial charge >= 0.3 is 0 Å². The molecule has 122 valence electrons. The average molecular weight is 311 g/mol. The lowest BCUT2D eigenvalue weighted by molar-refractivity contribution is 0.164. The number of benzene rings is 2. The van der Waals surface area contributed by atoms with Gasteiger partial charge in [-0.2, -0.15) is 0 Å². The lowest BCUT2D eigenvalue weighted by Gasteiger charge is -2.31. The van der Waals surface area contributed by atoms with Crippen molar-refractivity contribution in [2.24, 2.45) is 0 Å². The van der Waals surface area contributed by atoms with Crippen LogP contribution in [0.15, 0.2) is 36.4 Å². The molecule has 2 saturated heterocycles. The van der Waals surface area contributed by atoms with E-state index in [1.54, 1.807) is 0 Å². The number of nitrogens with zero attached hydrogens (tertiary/aromatic N) is 1. The number of hydrogen-bond acceptors (Lipinski definition) is 4. The Morgan fingerprint density at radius 2 is 1.52 bits per heavy atom. The average Bonchev–Trinajstić information content (AvgIpc) is 2.64. The van der Waals surface area contributed by atoms with Gasteiger partial charge in [0.2, 0.25) is 0 Å². The van der Waals surface area contributed by atoms with Gasteiger partial charge in [-0.05, 0) is 38.1 Å². The Morgan fingerprint density at radius 1 is 0.826 bits per heavy atom. The minimum atomic E-state index is 0.338. The van der Waals surface area contributed by atoms with Crippen molar-refractivity contribution in [3.05, 3.63) is 36.4 Å². The number of piperazine rings is 1. The van der Waals surface area contributed by atoms with Gasteiger partial charge in [0.05, 0.1) is 0 Å². The molecule has 4 heteroatoms. The van der Waals surface area contributed by atoms with Crippen LogP contribution in [-0.2, 0) is 0 Å². The molecule has 2 aliphatic heterocycles. The summed E-state index contributed by atoms with van der Waals surface area (Å²) in [5.41, 5.74) is 1.33. The monoisotopic (exact) mass is 311 g/mol. The van der Waals surface area contributed by atoms with Crippen LogP contribution in [0.5, 0.6) is 5.75 Å². The smallest absolute Gasteiger partial charge is 0.127 e. The Labute approximate surface area is 137 Å². The van der Waals surface area contributed by atoms with Gasteiger partial charge in [0.1, 0.15) is 11.9 Å². The third-order valence-corrected chi connectivity index (χ3v) is 4.90. The summed E-state index contributed by atoms with van der Waals surface area (Å²) in [6.07, 6.45) is 2.52. The maximum absolute atomic E-state index is 6.34. The van der Waals surface area contributed by atoms with Gasteiger partial charge in [0.15, 0.2) is 0 Å². The van der Waals surface area contributed by atoms with Gasteiger partial charge in [-0.1, -0.05) is 24.3 Å². The molecule has 2 N–H and O–H groups in total. The molecule has 2 aromatic carbocycles. The third kappa shape index (κ3) is 3.14. The summed E-state index contributed by atoms with van der Waals surface area (Å²) < 4.78 is 6.34. The maximum atomic E-state index is 6.34. The van der Waals surface area contributed by atoms with Gasteiger partial charge in [-0.15, -0.1) is 0 Å². The van der Waals surface area contributed by atoms with Crippen LogP contribution >= 0.6 is 0 Å². The van der Waals surface area contributed by atoms with Gasteiger partial charge in [-0.25, -0.2) is 0 Å². The molecule has 23 heavy (non-hydrogen) atoms. The fourth-order valence-electron chi connectivity index (χ4n) is 3.63. The van der Waals surface area contributed by atoms with E-state index in [4.69, 9.17) is 4.74 Å². The summed E-state index contributed by atoms with van der Waals surface area (Å²) in [5.74, 6) is 1.03. The summed E-state index contributed by atoms with van der Waals surface area (Å²) in [6.45, 7) is 6.36. The number of piperidine rings is 1. The third-order valence-electron chi connectivity index (χ3n) is 4.90. The molecule has 0 aliphatic carbocycles. The highest BCUT2D eigenvalue weighted by Crippen LogP contribution is 2.34. The maximum Gasteiger partial charge on any atom is 0.127 e. The van der Waals surface area contributed by atoms with Gasteiger partial charge in [-0.3, -0.25) is 0 Å². The largest absolute Gasteiger partial charge is 0.490 e. The SMILES string of the molecule is c1ccc2c(N3CCNCC3)ccc(OC3CCNCC3)c2c1. The summed E-state index contributed by atoms with van der Waals surface area (Å²) >= 11 is 0. The van der Waals surface area contributed by atoms with Crippen molar-refractivity contribution < 1.29 is 4.74 Å². The van der Waals surface area contributed by atoms with Crippen LogP contribution in [-0.4, -0.2) is 45.4 Å². The Kier molecular flexibility index (Phi) is 4.35. The molecule has 2 aliphatic rings. The lowest BCUT2D eigenvalue weighted by Crippen LogP contribution is -2.43. The molecule has 0 unspecified atom stereocenters. The van der Waals surface area contributed by atoms with Crippen LogP contribution in [0.4, 0.5) is 5.69 Å². The molecule has 0 saturated carbocycles. The molecule has 0 amide bonds. The van der Waals surface area contributed by atoms with E-state index in [2.05, 4.69) is 51.9 Å². The van der Waals surface area contributed by atoms with E-state index in [1.807, 2.05) is 0 Å². The van der Waals surface area contributed by atoms with Gasteiger partial charge < -0.3 is 20.3 Å². The quantitative estimate of drug-likeness (QED) is 0.912. The van der Waals surface area contributed by atoms with Gasteiger partial charge in [0, 0.05) is 42.6 Å². The highest BCUT2D eigenvalue weighted by atomic mass is 16.5. The van der Waals surface area contributed by atoms with Crippen molar-refractivity contribution in [1.29, 1.82) is 0 Å². The zero-order valence-corrected chi connectivity index (χ0v) is 13.6. The van der Waals surface area contributed by atoms with Crippen LogP contribution in [0.1, 0.15) is 12.8 Å². The number of hydrogen-bond donors (Lipinski definition) is 2. The van der Waals surface area contributed by atoms with Crippen molar-refractivity contribution >= 4 is 16.5 Å². The first kappa shape index (κ1) is 14.8. The van der Waals surface area contributed by atoms with E-state index in [0.717, 1.165) is 57.9 Å². The second-order valence-corrected chi connectivity index (χ2v) is 6.43. The van der Waals surface area contributed by atoms with E-state index < -0.39 is 0 Å². The standard InChI is InChI=1S/C19H25N3O/c1-2-4-17-16(3-1)18(22-13-11-21-12-14-22)5-6-19(17)23-15-7-9-20-10-8-15/h1-6,15,20-21H,7-14H2. The van der Waals surface area contributed by atoms with Crippen molar-refractivity contribution in [2.75, 3.05) is 44.2 Å². The molecule has 2 fully saturated rings. The zero-order chi connectivity index (χ0) is 15.5. The predicted molar refractivity (Wildman–Crippen MR) is 95.6 cm³/mol. The number of anilines is 1. The fourth-order valence-corrected chi connectivity index (χ4v) is 3.63. The van der Waals surface area contributed by atoms with Crippen LogP contribution in [0.25, 0.3) is 10.8 Å². The second-order valence-electron chi connectivity index (χ2n) is 6.43. The highest BCUT2D eigenvalue weighted by molar-refractivity contribution is 5.98. The Bertz CT molecular complexity index is 661. The molecule has 4 nitrogen and oxygen atoms in total. The molecule has 0 bridgehead atoms.